The summed E-state index contributed by atoms with van der Waals surface area (Å²) in [5, 5.41) is 0. The van der Waals surface area contributed by atoms with Crippen LogP contribution in [0.3, 0.4) is 0 Å². The number of carbonyl (C=O) groups excluding carboxylic acids is 1. The Kier molecular flexibility index (Phi) is 7.26. The SMILES string of the molecule is CC(C)CN1CCCC[C@@H]1c1cccnc1N(C(=O)OC(C)(C)C)C(C)C. The topological polar surface area (TPSA) is 45.7 Å². The van der Waals surface area contributed by atoms with Gasteiger partial charge in [0.2, 0.25) is 0 Å². The molecule has 5 heteroatoms. The Morgan fingerprint density at radius 3 is 2.59 bits per heavy atom. The highest BCUT2D eigenvalue weighted by molar-refractivity contribution is 5.88. The molecular formula is C22H37N3O2. The van der Waals surface area contributed by atoms with Gasteiger partial charge in [0.1, 0.15) is 11.4 Å². The van der Waals surface area contributed by atoms with Crippen LogP contribution in [-0.2, 0) is 4.74 Å². The molecule has 1 amide bonds. The van der Waals surface area contributed by atoms with E-state index in [0.717, 1.165) is 30.9 Å². The second-order valence-corrected chi connectivity index (χ2v) is 9.26. The molecule has 1 aromatic rings. The van der Waals surface area contributed by atoms with Crippen molar-refractivity contribution in [3.63, 3.8) is 0 Å². The Balaban J connectivity index is 2.40. The summed E-state index contributed by atoms with van der Waals surface area (Å²) in [7, 11) is 0. The van der Waals surface area contributed by atoms with Crippen LogP contribution in [0.1, 0.15) is 79.3 Å². The molecule has 27 heavy (non-hydrogen) atoms. The van der Waals surface area contributed by atoms with Crippen molar-refractivity contribution in [1.82, 2.24) is 9.88 Å². The van der Waals surface area contributed by atoms with Crippen molar-refractivity contribution < 1.29 is 9.53 Å². The number of pyridine rings is 1. The van der Waals surface area contributed by atoms with Crippen molar-refractivity contribution in [3.05, 3.63) is 23.9 Å². The lowest BCUT2D eigenvalue weighted by Gasteiger charge is -2.39. The van der Waals surface area contributed by atoms with Crippen LogP contribution < -0.4 is 4.90 Å². The van der Waals surface area contributed by atoms with E-state index in [1.807, 2.05) is 40.7 Å². The molecule has 1 aliphatic heterocycles. The number of anilines is 1. The minimum atomic E-state index is -0.534. The third-order valence-electron chi connectivity index (χ3n) is 4.72. The number of aromatic nitrogens is 1. The van der Waals surface area contributed by atoms with Crippen LogP contribution in [0.25, 0.3) is 0 Å². The molecule has 0 radical (unpaired) electrons. The number of hydrogen-bond acceptors (Lipinski definition) is 4. The fourth-order valence-corrected chi connectivity index (χ4v) is 3.75. The third kappa shape index (κ3) is 5.93. The van der Waals surface area contributed by atoms with E-state index in [2.05, 4.69) is 29.8 Å². The van der Waals surface area contributed by atoms with Crippen molar-refractivity contribution in [1.29, 1.82) is 0 Å². The Hall–Kier alpha value is -1.62. The van der Waals surface area contributed by atoms with Gasteiger partial charge >= 0.3 is 6.09 Å². The first-order valence-corrected chi connectivity index (χ1v) is 10.3. The van der Waals surface area contributed by atoms with Gasteiger partial charge in [-0.3, -0.25) is 9.80 Å². The van der Waals surface area contributed by atoms with Crippen LogP contribution in [0.5, 0.6) is 0 Å². The predicted octanol–water partition coefficient (Wildman–Crippen LogP) is 5.41. The lowest BCUT2D eigenvalue weighted by Crippen LogP contribution is -2.43. The normalized spacial score (nSPS) is 18.8. The summed E-state index contributed by atoms with van der Waals surface area (Å²) in [5.74, 6) is 1.35. The summed E-state index contributed by atoms with van der Waals surface area (Å²) >= 11 is 0. The van der Waals surface area contributed by atoms with E-state index < -0.39 is 5.60 Å². The van der Waals surface area contributed by atoms with Gasteiger partial charge in [0, 0.05) is 30.4 Å². The van der Waals surface area contributed by atoms with Gasteiger partial charge in [0.15, 0.2) is 0 Å². The maximum Gasteiger partial charge on any atom is 0.416 e. The van der Waals surface area contributed by atoms with Crippen LogP contribution in [0.2, 0.25) is 0 Å². The molecule has 1 saturated heterocycles. The van der Waals surface area contributed by atoms with Crippen LogP contribution in [0.15, 0.2) is 18.3 Å². The molecule has 0 aromatic carbocycles. The van der Waals surface area contributed by atoms with E-state index in [1.165, 1.54) is 12.8 Å². The summed E-state index contributed by atoms with van der Waals surface area (Å²) in [6.45, 7) is 16.4. The van der Waals surface area contributed by atoms with Crippen LogP contribution >= 0.6 is 0 Å². The molecule has 0 saturated carbocycles. The monoisotopic (exact) mass is 375 g/mol. The smallest absolute Gasteiger partial charge is 0.416 e. The van der Waals surface area contributed by atoms with Gasteiger partial charge in [-0.1, -0.05) is 26.3 Å². The number of likely N-dealkylation sites (tertiary alicyclic amines) is 1. The van der Waals surface area contributed by atoms with E-state index in [4.69, 9.17) is 4.74 Å². The van der Waals surface area contributed by atoms with Crippen LogP contribution in [0.4, 0.5) is 10.6 Å². The second-order valence-electron chi connectivity index (χ2n) is 9.26. The summed E-state index contributed by atoms with van der Waals surface area (Å²) in [6, 6.07) is 4.38. The van der Waals surface area contributed by atoms with Gasteiger partial charge in [0.25, 0.3) is 0 Å². The summed E-state index contributed by atoms with van der Waals surface area (Å²) < 4.78 is 5.68. The molecular weight excluding hydrogens is 338 g/mol. The maximum atomic E-state index is 12.9. The zero-order chi connectivity index (χ0) is 20.2. The van der Waals surface area contributed by atoms with Gasteiger partial charge in [0.05, 0.1) is 0 Å². The van der Waals surface area contributed by atoms with E-state index in [0.29, 0.717) is 12.0 Å². The minimum absolute atomic E-state index is 0.0318. The Labute approximate surface area is 165 Å². The molecule has 0 aliphatic carbocycles. The number of ether oxygens (including phenoxy) is 1. The number of hydrogen-bond donors (Lipinski definition) is 0. The first-order chi connectivity index (χ1) is 12.6. The molecule has 1 aromatic heterocycles. The first-order valence-electron chi connectivity index (χ1n) is 10.3. The Bertz CT molecular complexity index is 622. The maximum absolute atomic E-state index is 12.9. The molecule has 0 bridgehead atoms. The largest absolute Gasteiger partial charge is 0.443 e. The number of nitrogens with zero attached hydrogens (tertiary/aromatic N) is 3. The van der Waals surface area contributed by atoms with E-state index in [9.17, 15) is 4.79 Å². The summed E-state index contributed by atoms with van der Waals surface area (Å²) in [6.07, 6.45) is 4.99. The molecule has 2 rings (SSSR count). The number of rotatable bonds is 5. The number of carbonyl (C=O) groups is 1. The molecule has 5 nitrogen and oxygen atoms in total. The predicted molar refractivity (Wildman–Crippen MR) is 111 cm³/mol. The van der Waals surface area contributed by atoms with Crippen LogP contribution in [0, 0.1) is 5.92 Å². The van der Waals surface area contributed by atoms with Crippen molar-refractivity contribution in [2.45, 2.75) is 85.4 Å². The third-order valence-corrected chi connectivity index (χ3v) is 4.72. The molecule has 1 fully saturated rings. The molecule has 1 aliphatic rings. The van der Waals surface area contributed by atoms with Gasteiger partial charge in [-0.05, 0) is 66.0 Å². The Morgan fingerprint density at radius 2 is 2.00 bits per heavy atom. The Morgan fingerprint density at radius 1 is 1.30 bits per heavy atom. The van der Waals surface area contributed by atoms with Gasteiger partial charge in [-0.25, -0.2) is 9.78 Å². The van der Waals surface area contributed by atoms with Crippen molar-refractivity contribution in [2.75, 3.05) is 18.0 Å². The highest BCUT2D eigenvalue weighted by atomic mass is 16.6. The first kappa shape index (κ1) is 21.7. The van der Waals surface area contributed by atoms with E-state index >= 15 is 0 Å². The number of amides is 1. The quantitative estimate of drug-likeness (QED) is 0.690. The standard InChI is InChI=1S/C22H37N3O2/c1-16(2)15-24-14-9-8-12-19(24)18-11-10-13-23-20(18)25(17(3)4)21(26)27-22(5,6)7/h10-11,13,16-17,19H,8-9,12,14-15H2,1-7H3/t19-/m1/s1. The highest BCUT2D eigenvalue weighted by Crippen LogP contribution is 2.36. The zero-order valence-corrected chi connectivity index (χ0v) is 18.2. The van der Waals surface area contributed by atoms with Gasteiger partial charge < -0.3 is 4.74 Å². The summed E-state index contributed by atoms with van der Waals surface area (Å²) in [4.78, 5) is 21.9. The average molecular weight is 376 g/mol. The molecule has 0 unspecified atom stereocenters. The van der Waals surface area contributed by atoms with Crippen LogP contribution in [-0.4, -0.2) is 40.7 Å². The summed E-state index contributed by atoms with van der Waals surface area (Å²) in [5.41, 5.74) is 0.602. The molecule has 0 N–H and O–H groups in total. The zero-order valence-electron chi connectivity index (χ0n) is 18.2. The van der Waals surface area contributed by atoms with Crippen molar-refractivity contribution in [3.8, 4) is 0 Å². The molecule has 152 valence electrons. The van der Waals surface area contributed by atoms with Crippen molar-refractivity contribution >= 4 is 11.9 Å². The van der Waals surface area contributed by atoms with E-state index in [1.54, 1.807) is 11.1 Å². The minimum Gasteiger partial charge on any atom is -0.443 e. The average Bonchev–Trinajstić information content (AvgIpc) is 2.53. The molecule has 0 spiro atoms. The second kappa shape index (κ2) is 9.05. The molecule has 1 atom stereocenters. The number of piperidine rings is 1. The van der Waals surface area contributed by atoms with Crippen molar-refractivity contribution in [2.24, 2.45) is 5.92 Å². The van der Waals surface area contributed by atoms with Gasteiger partial charge in [-0.15, -0.1) is 0 Å². The molecule has 2 heterocycles. The fraction of sp³-hybridized carbons (Fsp3) is 0.727. The lowest BCUT2D eigenvalue weighted by molar-refractivity contribution is 0.0567. The lowest BCUT2D eigenvalue weighted by atomic mass is 9.94. The fourth-order valence-electron chi connectivity index (χ4n) is 3.75. The van der Waals surface area contributed by atoms with E-state index in [-0.39, 0.29) is 12.1 Å². The highest BCUT2D eigenvalue weighted by Gasteiger charge is 2.32. The van der Waals surface area contributed by atoms with Gasteiger partial charge in [-0.2, -0.15) is 0 Å².